The van der Waals surface area contributed by atoms with Gasteiger partial charge in [-0.15, -0.1) is 0 Å². The number of benzene rings is 2. The van der Waals surface area contributed by atoms with Gasteiger partial charge in [0.2, 0.25) is 5.95 Å². The van der Waals surface area contributed by atoms with Crippen molar-refractivity contribution in [2.75, 3.05) is 24.6 Å². The van der Waals surface area contributed by atoms with Gasteiger partial charge >= 0.3 is 0 Å². The molecule has 4 aromatic rings. The fourth-order valence-electron chi connectivity index (χ4n) is 7.62. The molecule has 1 saturated carbocycles. The van der Waals surface area contributed by atoms with E-state index >= 15 is 0 Å². The molecule has 1 unspecified atom stereocenters. The maximum atomic E-state index is 14.6. The largest absolute Gasteiger partial charge is 0.374 e. The third-order valence-electron chi connectivity index (χ3n) is 9.52. The van der Waals surface area contributed by atoms with Gasteiger partial charge in [-0.05, 0) is 60.4 Å². The Bertz CT molecular complexity index is 1570. The highest BCUT2D eigenvalue weighted by Crippen LogP contribution is 2.69. The monoisotopic (exact) mass is 542 g/mol. The van der Waals surface area contributed by atoms with Crippen LogP contribution in [0.5, 0.6) is 0 Å². The highest BCUT2D eigenvalue weighted by molar-refractivity contribution is 5.63. The summed E-state index contributed by atoms with van der Waals surface area (Å²) in [6, 6.07) is 16.0. The van der Waals surface area contributed by atoms with Crippen LogP contribution in [0.2, 0.25) is 0 Å². The smallest absolute Gasteiger partial charge is 0.224 e. The van der Waals surface area contributed by atoms with E-state index in [9.17, 15) is 8.78 Å². The number of rotatable bonds is 5. The summed E-state index contributed by atoms with van der Waals surface area (Å²) in [4.78, 5) is 7.10. The first-order valence-corrected chi connectivity index (χ1v) is 13.9. The van der Waals surface area contributed by atoms with E-state index in [0.717, 1.165) is 35.9 Å². The Hall–Kier alpha value is -3.72. The standard InChI is InChI=1S/C31H32F2N6O/c1-19-34-29(39(37-19)17-20-8-5-4-6-9-20)38-14-15-40-26(18-38)31-13-12-22(30(31,2)3)21-16-25(35-36-28(21)31)27-23(32)10-7-11-24(27)33/h4-11,16,22,26H,12-15,17-18H2,1-3H3/t22-,26+,31?/m0/s1. The van der Waals surface area contributed by atoms with Crippen molar-refractivity contribution in [3.63, 3.8) is 0 Å². The van der Waals surface area contributed by atoms with Crippen molar-refractivity contribution in [3.8, 4) is 11.3 Å². The number of nitrogens with zero attached hydrogens (tertiary/aromatic N) is 6. The second-order valence-electron chi connectivity index (χ2n) is 11.8. The number of morpholine rings is 1. The molecule has 3 heterocycles. The number of aryl methyl sites for hydroxylation is 1. The van der Waals surface area contributed by atoms with Gasteiger partial charge in [0.15, 0.2) is 0 Å². The summed E-state index contributed by atoms with van der Waals surface area (Å²) in [5.41, 5.74) is 2.68. The number of halogens is 2. The van der Waals surface area contributed by atoms with E-state index in [0.29, 0.717) is 26.2 Å². The van der Waals surface area contributed by atoms with Crippen LogP contribution in [0.4, 0.5) is 14.7 Å². The molecule has 0 N–H and O–H groups in total. The van der Waals surface area contributed by atoms with E-state index in [1.807, 2.05) is 35.9 Å². The first-order valence-electron chi connectivity index (χ1n) is 13.9. The summed E-state index contributed by atoms with van der Waals surface area (Å²) in [5, 5.41) is 13.8. The van der Waals surface area contributed by atoms with Crippen LogP contribution in [0.25, 0.3) is 11.3 Å². The van der Waals surface area contributed by atoms with Crippen LogP contribution in [0.15, 0.2) is 54.6 Å². The maximum absolute atomic E-state index is 14.6. The topological polar surface area (TPSA) is 69.0 Å². The molecule has 1 saturated heterocycles. The Morgan fingerprint density at radius 2 is 1.80 bits per heavy atom. The van der Waals surface area contributed by atoms with Crippen molar-refractivity contribution in [2.45, 2.75) is 57.6 Å². The molecule has 2 bridgehead atoms. The van der Waals surface area contributed by atoms with E-state index < -0.39 is 11.6 Å². The zero-order valence-electron chi connectivity index (χ0n) is 22.9. The quantitative estimate of drug-likeness (QED) is 0.335. The van der Waals surface area contributed by atoms with Gasteiger partial charge in [-0.1, -0.05) is 50.2 Å². The van der Waals surface area contributed by atoms with Crippen molar-refractivity contribution in [2.24, 2.45) is 5.41 Å². The normalized spacial score (nSPS) is 24.9. The molecule has 7 nitrogen and oxygen atoms in total. The number of fused-ring (bicyclic) bond motifs is 5. The second-order valence-corrected chi connectivity index (χ2v) is 11.8. The maximum Gasteiger partial charge on any atom is 0.224 e. The van der Waals surface area contributed by atoms with E-state index in [2.05, 4.69) is 36.0 Å². The average molecular weight is 543 g/mol. The lowest BCUT2D eigenvalue weighted by atomic mass is 9.64. The zero-order chi connectivity index (χ0) is 27.6. The van der Waals surface area contributed by atoms with Crippen molar-refractivity contribution in [3.05, 3.63) is 88.9 Å². The van der Waals surface area contributed by atoms with Gasteiger partial charge < -0.3 is 9.64 Å². The SMILES string of the molecule is Cc1nc(N2CCO[C@@H](C34CC[C@@H](c5cc(-c6c(F)cccc6F)nnc53)C4(C)C)C2)n(Cc2ccccc2)n1. The third kappa shape index (κ3) is 3.63. The molecule has 2 aromatic carbocycles. The van der Waals surface area contributed by atoms with Crippen LogP contribution in [0.1, 0.15) is 55.3 Å². The fraction of sp³-hybridized carbons (Fsp3) is 0.419. The Labute approximate surface area is 232 Å². The molecule has 3 atom stereocenters. The molecule has 2 aliphatic carbocycles. The summed E-state index contributed by atoms with van der Waals surface area (Å²) in [6.07, 6.45) is 1.75. The molecule has 0 spiro atoms. The molecular weight excluding hydrogens is 510 g/mol. The van der Waals surface area contributed by atoms with Crippen LogP contribution >= 0.6 is 0 Å². The minimum Gasteiger partial charge on any atom is -0.374 e. The molecule has 40 heavy (non-hydrogen) atoms. The summed E-state index contributed by atoms with van der Waals surface area (Å²) in [7, 11) is 0. The predicted octanol–water partition coefficient (Wildman–Crippen LogP) is 5.43. The number of aromatic nitrogens is 5. The molecule has 9 heteroatoms. The predicted molar refractivity (Wildman–Crippen MR) is 147 cm³/mol. The summed E-state index contributed by atoms with van der Waals surface area (Å²) >= 11 is 0. The van der Waals surface area contributed by atoms with Crippen LogP contribution < -0.4 is 4.90 Å². The lowest BCUT2D eigenvalue weighted by Crippen LogP contribution is -2.56. The summed E-state index contributed by atoms with van der Waals surface area (Å²) in [6.45, 7) is 9.04. The molecule has 2 fully saturated rings. The first-order chi connectivity index (χ1) is 19.3. The zero-order valence-corrected chi connectivity index (χ0v) is 22.9. The molecule has 1 aliphatic heterocycles. The van der Waals surface area contributed by atoms with Gasteiger partial charge in [-0.3, -0.25) is 0 Å². The van der Waals surface area contributed by atoms with E-state index in [1.54, 1.807) is 0 Å². The number of hydrogen-bond acceptors (Lipinski definition) is 6. The molecule has 206 valence electrons. The Morgan fingerprint density at radius 1 is 1.02 bits per heavy atom. The highest BCUT2D eigenvalue weighted by atomic mass is 19.1. The van der Waals surface area contributed by atoms with Crippen LogP contribution in [-0.2, 0) is 16.7 Å². The number of hydrogen-bond donors (Lipinski definition) is 0. The molecule has 2 aromatic heterocycles. The van der Waals surface area contributed by atoms with Gasteiger partial charge in [-0.2, -0.15) is 20.3 Å². The van der Waals surface area contributed by atoms with Gasteiger partial charge in [0.1, 0.15) is 17.5 Å². The lowest BCUT2D eigenvalue weighted by Gasteiger charge is -2.47. The lowest BCUT2D eigenvalue weighted by molar-refractivity contribution is -0.0471. The molecule has 7 rings (SSSR count). The minimum atomic E-state index is -0.632. The summed E-state index contributed by atoms with van der Waals surface area (Å²) < 4.78 is 37.8. The molecular formula is C31H32F2N6O. The Morgan fingerprint density at radius 3 is 2.58 bits per heavy atom. The van der Waals surface area contributed by atoms with E-state index in [-0.39, 0.29) is 34.1 Å². The molecule has 0 radical (unpaired) electrons. The van der Waals surface area contributed by atoms with Crippen LogP contribution in [0.3, 0.4) is 0 Å². The van der Waals surface area contributed by atoms with Crippen molar-refractivity contribution >= 4 is 5.95 Å². The Balaban J connectivity index is 1.24. The number of anilines is 1. The second kappa shape index (κ2) is 9.16. The average Bonchev–Trinajstić information content (AvgIpc) is 3.51. The minimum absolute atomic E-state index is 0.124. The van der Waals surface area contributed by atoms with Gasteiger partial charge in [0, 0.05) is 18.5 Å². The number of ether oxygens (including phenoxy) is 1. The highest BCUT2D eigenvalue weighted by Gasteiger charge is 2.67. The van der Waals surface area contributed by atoms with Gasteiger partial charge in [-0.25, -0.2) is 13.5 Å². The molecule has 3 aliphatic rings. The molecule has 0 amide bonds. The van der Waals surface area contributed by atoms with Gasteiger partial charge in [0.25, 0.3) is 0 Å². The third-order valence-corrected chi connectivity index (χ3v) is 9.52. The van der Waals surface area contributed by atoms with Crippen LogP contribution in [0, 0.1) is 24.0 Å². The van der Waals surface area contributed by atoms with Gasteiger partial charge in [0.05, 0.1) is 36.2 Å². The van der Waals surface area contributed by atoms with Crippen molar-refractivity contribution in [1.82, 2.24) is 25.0 Å². The van der Waals surface area contributed by atoms with E-state index in [4.69, 9.17) is 19.9 Å². The van der Waals surface area contributed by atoms with Crippen molar-refractivity contribution in [1.29, 1.82) is 0 Å². The van der Waals surface area contributed by atoms with Crippen LogP contribution in [-0.4, -0.2) is 50.8 Å². The first kappa shape index (κ1) is 25.3. The van der Waals surface area contributed by atoms with E-state index in [1.165, 1.54) is 23.8 Å². The van der Waals surface area contributed by atoms with Crippen molar-refractivity contribution < 1.29 is 13.5 Å². The fourth-order valence-corrected chi connectivity index (χ4v) is 7.62. The Kier molecular flexibility index (Phi) is 5.78. The summed E-state index contributed by atoms with van der Waals surface area (Å²) in [5.74, 6) is 0.515.